The summed E-state index contributed by atoms with van der Waals surface area (Å²) < 4.78 is 10.9. The number of hydrogen-bond donors (Lipinski definition) is 1. The monoisotopic (exact) mass is 394 g/mol. The fourth-order valence-electron chi connectivity index (χ4n) is 4.36. The molecule has 2 heterocycles. The van der Waals surface area contributed by atoms with Crippen LogP contribution < -0.4 is 10.1 Å². The highest BCUT2D eigenvalue weighted by Crippen LogP contribution is 2.53. The maximum atomic E-state index is 13.0. The SMILES string of the molecule is CNC(=O)c1cc(C(=O)CC2[C@H]3COC[C@@H]23)cc([C@H](C)c2ccccc2OC)n1. The Hall–Kier alpha value is -2.73. The minimum Gasteiger partial charge on any atom is -0.496 e. The van der Waals surface area contributed by atoms with Gasteiger partial charge in [0.2, 0.25) is 0 Å². The maximum Gasteiger partial charge on any atom is 0.269 e. The molecule has 1 aromatic heterocycles. The number of nitrogens with zero attached hydrogens (tertiary/aromatic N) is 1. The van der Waals surface area contributed by atoms with Crippen molar-refractivity contribution in [2.45, 2.75) is 19.3 Å². The average Bonchev–Trinajstić information content (AvgIpc) is 3.17. The number of benzene rings is 1. The lowest BCUT2D eigenvalue weighted by atomic mass is 9.93. The summed E-state index contributed by atoms with van der Waals surface area (Å²) in [6.45, 7) is 3.53. The number of fused-ring (bicyclic) bond motifs is 1. The van der Waals surface area contributed by atoms with Gasteiger partial charge in [-0.2, -0.15) is 0 Å². The maximum absolute atomic E-state index is 13.0. The second-order valence-corrected chi connectivity index (χ2v) is 7.87. The van der Waals surface area contributed by atoms with Crippen LogP contribution in [0.25, 0.3) is 0 Å². The molecule has 1 aromatic carbocycles. The van der Waals surface area contributed by atoms with Gasteiger partial charge in [-0.25, -0.2) is 4.98 Å². The number of hydrogen-bond acceptors (Lipinski definition) is 5. The summed E-state index contributed by atoms with van der Waals surface area (Å²) in [5.41, 5.74) is 2.44. The number of ketones is 1. The largest absolute Gasteiger partial charge is 0.496 e. The Morgan fingerprint density at radius 2 is 1.97 bits per heavy atom. The van der Waals surface area contributed by atoms with Crippen molar-refractivity contribution in [1.29, 1.82) is 0 Å². The van der Waals surface area contributed by atoms with Gasteiger partial charge in [-0.05, 0) is 36.0 Å². The van der Waals surface area contributed by atoms with E-state index in [2.05, 4.69) is 10.3 Å². The molecule has 2 fully saturated rings. The van der Waals surface area contributed by atoms with Crippen molar-refractivity contribution in [2.24, 2.45) is 17.8 Å². The third-order valence-electron chi connectivity index (χ3n) is 6.23. The van der Waals surface area contributed by atoms with E-state index in [4.69, 9.17) is 9.47 Å². The van der Waals surface area contributed by atoms with Gasteiger partial charge in [0.05, 0.1) is 20.3 Å². The minimum absolute atomic E-state index is 0.0606. The molecule has 0 spiro atoms. The van der Waals surface area contributed by atoms with Gasteiger partial charge >= 0.3 is 0 Å². The minimum atomic E-state index is -0.301. The average molecular weight is 394 g/mol. The van der Waals surface area contributed by atoms with Crippen molar-refractivity contribution in [3.63, 3.8) is 0 Å². The predicted molar refractivity (Wildman–Crippen MR) is 108 cm³/mol. The molecule has 29 heavy (non-hydrogen) atoms. The molecule has 1 saturated heterocycles. The summed E-state index contributed by atoms with van der Waals surface area (Å²) in [5.74, 6) is 1.83. The van der Waals surface area contributed by atoms with E-state index in [1.54, 1.807) is 20.2 Å². The Balaban J connectivity index is 1.65. The van der Waals surface area contributed by atoms with Crippen LogP contribution in [-0.2, 0) is 4.74 Å². The van der Waals surface area contributed by atoms with Crippen LogP contribution in [0.15, 0.2) is 36.4 Å². The normalized spacial score (nSPS) is 23.2. The van der Waals surface area contributed by atoms with Crippen molar-refractivity contribution in [3.05, 3.63) is 58.9 Å². The van der Waals surface area contributed by atoms with Gasteiger partial charge in [-0.15, -0.1) is 0 Å². The molecule has 6 nitrogen and oxygen atoms in total. The van der Waals surface area contributed by atoms with Gasteiger partial charge in [0, 0.05) is 36.2 Å². The standard InChI is InChI=1S/C23H26N2O4/c1-13(15-6-4-5-7-22(15)28-3)19-8-14(9-20(25-19)23(27)24-2)21(26)10-16-17-11-29-12-18(16)17/h4-9,13,16-18H,10-12H2,1-3H3,(H,24,27)/t13-,16?,17-,18+/m1/s1. The number of Topliss-reactive ketones (excluding diaryl/α,β-unsaturated/α-hetero) is 1. The van der Waals surface area contributed by atoms with Crippen LogP contribution in [-0.4, -0.2) is 44.0 Å². The molecule has 6 heteroatoms. The molecule has 4 atom stereocenters. The quantitative estimate of drug-likeness (QED) is 0.731. The fraction of sp³-hybridized carbons (Fsp3) is 0.435. The zero-order chi connectivity index (χ0) is 20.5. The van der Waals surface area contributed by atoms with Crippen LogP contribution in [0.2, 0.25) is 0 Å². The zero-order valence-electron chi connectivity index (χ0n) is 17.0. The van der Waals surface area contributed by atoms with Gasteiger partial charge < -0.3 is 14.8 Å². The molecule has 0 radical (unpaired) electrons. The summed E-state index contributed by atoms with van der Waals surface area (Å²) >= 11 is 0. The van der Waals surface area contributed by atoms with E-state index < -0.39 is 0 Å². The van der Waals surface area contributed by atoms with Gasteiger partial charge in [0.25, 0.3) is 5.91 Å². The number of aromatic nitrogens is 1. The smallest absolute Gasteiger partial charge is 0.269 e. The number of carbonyl (C=O) groups excluding carboxylic acids is 2. The number of para-hydroxylation sites is 1. The Labute approximate surface area is 170 Å². The van der Waals surface area contributed by atoms with Crippen LogP contribution >= 0.6 is 0 Å². The van der Waals surface area contributed by atoms with E-state index in [1.165, 1.54) is 0 Å². The van der Waals surface area contributed by atoms with Crippen LogP contribution in [0.5, 0.6) is 5.75 Å². The molecular formula is C23H26N2O4. The summed E-state index contributed by atoms with van der Waals surface area (Å²) in [6.07, 6.45) is 0.498. The predicted octanol–water partition coefficient (Wildman–Crippen LogP) is 3.07. The van der Waals surface area contributed by atoms with Crippen molar-refractivity contribution in [3.8, 4) is 5.75 Å². The van der Waals surface area contributed by atoms with E-state index in [0.717, 1.165) is 24.5 Å². The highest BCUT2D eigenvalue weighted by molar-refractivity contribution is 6.00. The number of pyridine rings is 1. The van der Waals surface area contributed by atoms with E-state index in [0.29, 0.717) is 35.4 Å². The summed E-state index contributed by atoms with van der Waals surface area (Å²) in [5, 5.41) is 2.61. The number of methoxy groups -OCH3 is 1. The molecule has 1 unspecified atom stereocenters. The lowest BCUT2D eigenvalue weighted by molar-refractivity contribution is 0.0950. The van der Waals surface area contributed by atoms with Gasteiger partial charge in [-0.1, -0.05) is 25.1 Å². The molecular weight excluding hydrogens is 368 g/mol. The first-order valence-corrected chi connectivity index (χ1v) is 10.0. The van der Waals surface area contributed by atoms with Crippen molar-refractivity contribution >= 4 is 11.7 Å². The Morgan fingerprint density at radius 3 is 2.66 bits per heavy atom. The number of nitrogens with one attached hydrogen (secondary N) is 1. The van der Waals surface area contributed by atoms with E-state index in [1.807, 2.05) is 37.3 Å². The molecule has 1 saturated carbocycles. The number of ether oxygens (including phenoxy) is 2. The Kier molecular flexibility index (Phi) is 5.37. The highest BCUT2D eigenvalue weighted by atomic mass is 16.5. The lowest BCUT2D eigenvalue weighted by Crippen LogP contribution is -2.21. The molecule has 2 aliphatic rings. The van der Waals surface area contributed by atoms with E-state index >= 15 is 0 Å². The third-order valence-corrected chi connectivity index (χ3v) is 6.23. The molecule has 4 rings (SSSR count). The topological polar surface area (TPSA) is 77.5 Å². The second kappa shape index (κ2) is 7.95. The molecule has 0 bridgehead atoms. The molecule has 2 aromatic rings. The molecule has 1 N–H and O–H groups in total. The van der Waals surface area contributed by atoms with Crippen LogP contribution in [0.3, 0.4) is 0 Å². The summed E-state index contributed by atoms with van der Waals surface area (Å²) in [7, 11) is 3.19. The Bertz CT molecular complexity index is 932. The highest BCUT2D eigenvalue weighted by Gasteiger charge is 2.54. The summed E-state index contributed by atoms with van der Waals surface area (Å²) in [6, 6.07) is 11.2. The number of carbonyl (C=O) groups is 2. The molecule has 1 aliphatic heterocycles. The lowest BCUT2D eigenvalue weighted by Gasteiger charge is -2.17. The third kappa shape index (κ3) is 3.77. The first-order chi connectivity index (χ1) is 14.0. The number of rotatable bonds is 7. The first kappa shape index (κ1) is 19.6. The summed E-state index contributed by atoms with van der Waals surface area (Å²) in [4.78, 5) is 29.8. The van der Waals surface area contributed by atoms with Gasteiger partial charge in [-0.3, -0.25) is 9.59 Å². The van der Waals surface area contributed by atoms with Gasteiger partial charge in [0.15, 0.2) is 5.78 Å². The van der Waals surface area contributed by atoms with Crippen LogP contribution in [0.1, 0.15) is 51.4 Å². The number of amides is 1. The molecule has 1 aliphatic carbocycles. The van der Waals surface area contributed by atoms with Crippen molar-refractivity contribution in [1.82, 2.24) is 10.3 Å². The van der Waals surface area contributed by atoms with Crippen LogP contribution in [0.4, 0.5) is 0 Å². The molecule has 1 amide bonds. The van der Waals surface area contributed by atoms with Gasteiger partial charge in [0.1, 0.15) is 11.4 Å². The van der Waals surface area contributed by atoms with Crippen LogP contribution in [0, 0.1) is 17.8 Å². The zero-order valence-corrected chi connectivity index (χ0v) is 17.0. The fourth-order valence-corrected chi connectivity index (χ4v) is 4.36. The van der Waals surface area contributed by atoms with E-state index in [9.17, 15) is 9.59 Å². The Morgan fingerprint density at radius 1 is 1.24 bits per heavy atom. The second-order valence-electron chi connectivity index (χ2n) is 7.87. The first-order valence-electron chi connectivity index (χ1n) is 10.0. The van der Waals surface area contributed by atoms with E-state index in [-0.39, 0.29) is 23.3 Å². The van der Waals surface area contributed by atoms with Crippen molar-refractivity contribution < 1.29 is 19.1 Å². The van der Waals surface area contributed by atoms with Crippen molar-refractivity contribution in [2.75, 3.05) is 27.4 Å². The molecule has 152 valence electrons.